The van der Waals surface area contributed by atoms with Crippen LogP contribution in [0, 0.1) is 0 Å². The molecule has 100 valence electrons. The van der Waals surface area contributed by atoms with Crippen molar-refractivity contribution in [2.24, 2.45) is 0 Å². The van der Waals surface area contributed by atoms with Crippen molar-refractivity contribution in [3.05, 3.63) is 24.2 Å². The molecule has 0 unspecified atom stereocenters. The van der Waals surface area contributed by atoms with Crippen molar-refractivity contribution in [3.63, 3.8) is 0 Å². The van der Waals surface area contributed by atoms with Gasteiger partial charge in [0.25, 0.3) is 0 Å². The minimum absolute atomic E-state index is 0.0500. The Morgan fingerprint density at radius 2 is 2.28 bits per heavy atom. The molecule has 0 bridgehead atoms. The molecule has 0 aliphatic heterocycles. The molecule has 1 rings (SSSR count). The Morgan fingerprint density at radius 3 is 2.94 bits per heavy atom. The second-order valence-corrected chi connectivity index (χ2v) is 4.21. The minimum Gasteiger partial charge on any atom is -0.383 e. The number of nitrogens with zero attached hydrogens (tertiary/aromatic N) is 3. The largest absolute Gasteiger partial charge is 0.383 e. The number of aryl methyl sites for hydroxylation is 1. The number of rotatable bonds is 8. The van der Waals surface area contributed by atoms with E-state index >= 15 is 0 Å². The molecule has 0 spiro atoms. The molecule has 2 N–H and O–H groups in total. The summed E-state index contributed by atoms with van der Waals surface area (Å²) in [5.41, 5.74) is 1.73. The average molecular weight is 251 g/mol. The second kappa shape index (κ2) is 7.47. The van der Waals surface area contributed by atoms with Gasteiger partial charge in [-0.25, -0.2) is 0 Å². The summed E-state index contributed by atoms with van der Waals surface area (Å²) in [6.07, 6.45) is 3.21. The van der Waals surface area contributed by atoms with Crippen LogP contribution in [0.2, 0.25) is 0 Å². The first-order chi connectivity index (χ1) is 8.61. The van der Waals surface area contributed by atoms with Crippen LogP contribution in [-0.4, -0.2) is 27.4 Å². The molecule has 0 saturated carbocycles. The number of hydrogen-bond acceptors (Lipinski definition) is 4. The van der Waals surface area contributed by atoms with Gasteiger partial charge in [-0.15, -0.1) is 5.10 Å². The molecule has 1 heterocycles. The maximum Gasteiger partial charge on any atom is 0.221 e. The maximum atomic E-state index is 11.4. The van der Waals surface area contributed by atoms with Gasteiger partial charge in [-0.1, -0.05) is 18.7 Å². The number of nitrogens with one attached hydrogen (secondary N) is 2. The van der Waals surface area contributed by atoms with E-state index in [0.29, 0.717) is 19.5 Å². The van der Waals surface area contributed by atoms with E-state index in [1.54, 1.807) is 4.68 Å². The molecule has 6 heteroatoms. The summed E-state index contributed by atoms with van der Waals surface area (Å²) in [4.78, 5) is 11.4. The van der Waals surface area contributed by atoms with Gasteiger partial charge in [0.2, 0.25) is 5.91 Å². The van der Waals surface area contributed by atoms with E-state index in [2.05, 4.69) is 27.5 Å². The Balaban J connectivity index is 2.30. The Labute approximate surface area is 107 Å². The van der Waals surface area contributed by atoms with Gasteiger partial charge in [0.1, 0.15) is 5.69 Å². The predicted octanol–water partition coefficient (Wildman–Crippen LogP) is 0.818. The highest BCUT2D eigenvalue weighted by molar-refractivity contribution is 5.75. The number of carbonyl (C=O) groups excluding carboxylic acids is 1. The second-order valence-electron chi connectivity index (χ2n) is 4.21. The molecule has 0 saturated heterocycles. The van der Waals surface area contributed by atoms with Crippen molar-refractivity contribution in [2.75, 3.05) is 6.54 Å². The molecule has 0 aromatic carbocycles. The van der Waals surface area contributed by atoms with Crippen molar-refractivity contribution < 1.29 is 4.79 Å². The van der Waals surface area contributed by atoms with Gasteiger partial charge in [-0.2, -0.15) is 0 Å². The molecule has 1 aromatic rings. The Bertz CT molecular complexity index is 399. The van der Waals surface area contributed by atoms with Crippen LogP contribution in [0.15, 0.2) is 18.5 Å². The van der Waals surface area contributed by atoms with Gasteiger partial charge in [-0.05, 0) is 13.3 Å². The van der Waals surface area contributed by atoms with Gasteiger partial charge in [0.05, 0.1) is 19.3 Å². The third-order valence-electron chi connectivity index (χ3n) is 2.30. The standard InChI is InChI=1S/C12H21N5O/c1-4-6-13-12(18)5-7-17-9-11(15-16-17)8-14-10(2)3/h9,14H,2,4-8H2,1,3H3,(H,13,18). The fraction of sp³-hybridized carbons (Fsp3) is 0.583. The van der Waals surface area contributed by atoms with Crippen LogP contribution >= 0.6 is 0 Å². The summed E-state index contributed by atoms with van der Waals surface area (Å²) in [5, 5.41) is 13.9. The summed E-state index contributed by atoms with van der Waals surface area (Å²) in [5.74, 6) is 0.0500. The lowest BCUT2D eigenvalue weighted by atomic mass is 10.3. The van der Waals surface area contributed by atoms with Gasteiger partial charge in [0.15, 0.2) is 0 Å². The van der Waals surface area contributed by atoms with Crippen molar-refractivity contribution in [3.8, 4) is 0 Å². The molecule has 0 atom stereocenters. The smallest absolute Gasteiger partial charge is 0.221 e. The van der Waals surface area contributed by atoms with E-state index in [-0.39, 0.29) is 5.91 Å². The van der Waals surface area contributed by atoms with Crippen LogP contribution in [0.5, 0.6) is 0 Å². The van der Waals surface area contributed by atoms with Gasteiger partial charge < -0.3 is 10.6 Å². The van der Waals surface area contributed by atoms with Crippen LogP contribution in [0.3, 0.4) is 0 Å². The predicted molar refractivity (Wildman–Crippen MR) is 69.6 cm³/mol. The van der Waals surface area contributed by atoms with Crippen molar-refractivity contribution in [1.82, 2.24) is 25.6 Å². The SMILES string of the molecule is C=C(C)NCc1cn(CCC(=O)NCCC)nn1. The van der Waals surface area contributed by atoms with E-state index < -0.39 is 0 Å². The van der Waals surface area contributed by atoms with E-state index in [1.165, 1.54) is 0 Å². The third kappa shape index (κ3) is 5.47. The monoisotopic (exact) mass is 251 g/mol. The summed E-state index contributed by atoms with van der Waals surface area (Å²) in [6, 6.07) is 0. The van der Waals surface area contributed by atoms with E-state index in [1.807, 2.05) is 20.0 Å². The first-order valence-corrected chi connectivity index (χ1v) is 6.17. The Kier molecular flexibility index (Phi) is 5.90. The highest BCUT2D eigenvalue weighted by Crippen LogP contribution is 1.96. The highest BCUT2D eigenvalue weighted by Gasteiger charge is 2.03. The van der Waals surface area contributed by atoms with Gasteiger partial charge in [-0.3, -0.25) is 9.48 Å². The zero-order valence-corrected chi connectivity index (χ0v) is 11.1. The van der Waals surface area contributed by atoms with Crippen molar-refractivity contribution >= 4 is 5.91 Å². The number of carbonyl (C=O) groups is 1. The molecule has 0 fully saturated rings. The minimum atomic E-state index is 0.0500. The normalized spacial score (nSPS) is 10.1. The highest BCUT2D eigenvalue weighted by atomic mass is 16.1. The Morgan fingerprint density at radius 1 is 1.50 bits per heavy atom. The Hall–Kier alpha value is -1.85. The lowest BCUT2D eigenvalue weighted by molar-refractivity contribution is -0.121. The molecule has 0 radical (unpaired) electrons. The van der Waals surface area contributed by atoms with Crippen LogP contribution in [0.4, 0.5) is 0 Å². The zero-order chi connectivity index (χ0) is 13.4. The summed E-state index contributed by atoms with van der Waals surface area (Å²) in [6.45, 7) is 9.55. The number of aromatic nitrogens is 3. The van der Waals surface area contributed by atoms with Crippen LogP contribution in [0.25, 0.3) is 0 Å². The van der Waals surface area contributed by atoms with Gasteiger partial charge >= 0.3 is 0 Å². The number of hydrogen-bond donors (Lipinski definition) is 2. The molecule has 0 aliphatic carbocycles. The number of amides is 1. The first-order valence-electron chi connectivity index (χ1n) is 6.17. The molecule has 6 nitrogen and oxygen atoms in total. The average Bonchev–Trinajstić information content (AvgIpc) is 2.79. The lowest BCUT2D eigenvalue weighted by Crippen LogP contribution is -2.25. The molecular formula is C12H21N5O. The van der Waals surface area contributed by atoms with E-state index in [9.17, 15) is 4.79 Å². The topological polar surface area (TPSA) is 71.8 Å². The van der Waals surface area contributed by atoms with E-state index in [4.69, 9.17) is 0 Å². The summed E-state index contributed by atoms with van der Waals surface area (Å²) < 4.78 is 1.68. The van der Waals surface area contributed by atoms with Gasteiger partial charge in [0, 0.05) is 18.7 Å². The van der Waals surface area contributed by atoms with Crippen LogP contribution < -0.4 is 10.6 Å². The zero-order valence-electron chi connectivity index (χ0n) is 11.1. The molecule has 1 amide bonds. The molecular weight excluding hydrogens is 230 g/mol. The quantitative estimate of drug-likeness (QED) is 0.717. The molecule has 0 aliphatic rings. The summed E-state index contributed by atoms with van der Waals surface area (Å²) >= 11 is 0. The molecule has 18 heavy (non-hydrogen) atoms. The fourth-order valence-corrected chi connectivity index (χ4v) is 1.34. The van der Waals surface area contributed by atoms with Crippen molar-refractivity contribution in [1.29, 1.82) is 0 Å². The van der Waals surface area contributed by atoms with Crippen LogP contribution in [-0.2, 0) is 17.9 Å². The van der Waals surface area contributed by atoms with E-state index in [0.717, 1.165) is 24.4 Å². The first kappa shape index (κ1) is 14.2. The fourth-order valence-electron chi connectivity index (χ4n) is 1.34. The maximum absolute atomic E-state index is 11.4. The summed E-state index contributed by atoms with van der Waals surface area (Å²) in [7, 11) is 0. The van der Waals surface area contributed by atoms with Crippen molar-refractivity contribution in [2.45, 2.75) is 39.8 Å². The molecule has 1 aromatic heterocycles. The lowest BCUT2D eigenvalue weighted by Gasteiger charge is -2.03. The number of allylic oxidation sites excluding steroid dienone is 1. The van der Waals surface area contributed by atoms with Crippen LogP contribution in [0.1, 0.15) is 32.4 Å². The third-order valence-corrected chi connectivity index (χ3v) is 2.30.